The van der Waals surface area contributed by atoms with Crippen LogP contribution in [0.3, 0.4) is 0 Å². The lowest BCUT2D eigenvalue weighted by atomic mass is 10.2. The molecule has 0 amide bonds. The molecule has 1 unspecified atom stereocenters. The van der Waals surface area contributed by atoms with E-state index in [0.29, 0.717) is 6.04 Å². The van der Waals surface area contributed by atoms with Crippen LogP contribution in [0.2, 0.25) is 0 Å². The molecule has 1 N–H and O–H groups in total. The van der Waals surface area contributed by atoms with E-state index in [1.165, 1.54) is 0 Å². The molecule has 0 heterocycles. The van der Waals surface area contributed by atoms with Gasteiger partial charge in [0.15, 0.2) is 0 Å². The molecular weight excluding hydrogens is 220 g/mol. The van der Waals surface area contributed by atoms with E-state index >= 15 is 0 Å². The summed E-state index contributed by atoms with van der Waals surface area (Å²) in [6.07, 6.45) is 0. The predicted octanol–water partition coefficient (Wildman–Crippen LogP) is 0.206. The third-order valence-corrected chi connectivity index (χ3v) is 2.71. The number of methoxy groups -OCH3 is 3. The van der Waals surface area contributed by atoms with Crippen molar-refractivity contribution in [2.24, 2.45) is 0 Å². The zero-order valence-corrected chi connectivity index (χ0v) is 11.7. The van der Waals surface area contributed by atoms with Crippen LogP contribution < -0.4 is 5.32 Å². The summed E-state index contributed by atoms with van der Waals surface area (Å²) in [4.78, 5) is 2.37. The zero-order chi connectivity index (χ0) is 12.9. The predicted molar refractivity (Wildman–Crippen MR) is 69.5 cm³/mol. The largest absolute Gasteiger partial charge is 0.383 e. The molecule has 0 saturated carbocycles. The molecule has 0 radical (unpaired) electrons. The van der Waals surface area contributed by atoms with E-state index in [2.05, 4.69) is 17.1 Å². The van der Waals surface area contributed by atoms with E-state index in [4.69, 9.17) is 14.2 Å². The zero-order valence-electron chi connectivity index (χ0n) is 11.7. The molecule has 104 valence electrons. The Kier molecular flexibility index (Phi) is 12.1. The Labute approximate surface area is 105 Å². The summed E-state index contributed by atoms with van der Waals surface area (Å²) in [7, 11) is 5.18. The van der Waals surface area contributed by atoms with E-state index in [1.54, 1.807) is 21.3 Å². The quantitative estimate of drug-likeness (QED) is 0.500. The molecule has 0 bridgehead atoms. The molecule has 0 aliphatic carbocycles. The Morgan fingerprint density at radius 1 is 0.941 bits per heavy atom. The summed E-state index contributed by atoms with van der Waals surface area (Å²) in [6.45, 7) is 8.20. The van der Waals surface area contributed by atoms with Crippen LogP contribution in [0.5, 0.6) is 0 Å². The van der Waals surface area contributed by atoms with Crippen LogP contribution in [0.25, 0.3) is 0 Å². The lowest BCUT2D eigenvalue weighted by Gasteiger charge is -2.28. The van der Waals surface area contributed by atoms with Crippen molar-refractivity contribution in [2.75, 3.05) is 67.3 Å². The monoisotopic (exact) mass is 248 g/mol. The second-order valence-corrected chi connectivity index (χ2v) is 4.07. The Balaban J connectivity index is 3.80. The van der Waals surface area contributed by atoms with Crippen LogP contribution in [-0.2, 0) is 14.2 Å². The third-order valence-electron chi connectivity index (χ3n) is 2.71. The van der Waals surface area contributed by atoms with Crippen LogP contribution in [0.4, 0.5) is 0 Å². The number of nitrogens with zero attached hydrogens (tertiary/aromatic N) is 1. The van der Waals surface area contributed by atoms with Crippen LogP contribution in [0, 0.1) is 0 Å². The Hall–Kier alpha value is -0.200. The van der Waals surface area contributed by atoms with Gasteiger partial charge in [0.2, 0.25) is 0 Å². The van der Waals surface area contributed by atoms with Crippen LogP contribution in [0.1, 0.15) is 6.92 Å². The maximum atomic E-state index is 5.12. The second kappa shape index (κ2) is 12.3. The molecule has 0 spiro atoms. The third kappa shape index (κ3) is 9.50. The van der Waals surface area contributed by atoms with E-state index in [9.17, 15) is 0 Å². The van der Waals surface area contributed by atoms with Crippen LogP contribution in [0.15, 0.2) is 0 Å². The number of hydrogen-bond acceptors (Lipinski definition) is 5. The van der Waals surface area contributed by atoms with Gasteiger partial charge in [-0.1, -0.05) is 0 Å². The highest BCUT2D eigenvalue weighted by atomic mass is 16.5. The van der Waals surface area contributed by atoms with E-state index in [1.807, 2.05) is 0 Å². The molecule has 0 aromatic heterocycles. The van der Waals surface area contributed by atoms with Crippen molar-refractivity contribution in [3.05, 3.63) is 0 Å². The van der Waals surface area contributed by atoms with E-state index < -0.39 is 0 Å². The summed E-state index contributed by atoms with van der Waals surface area (Å²) in [5.41, 5.74) is 0. The first kappa shape index (κ1) is 16.8. The van der Waals surface area contributed by atoms with Crippen molar-refractivity contribution in [1.82, 2.24) is 10.2 Å². The minimum atomic E-state index is 0.470. The molecule has 17 heavy (non-hydrogen) atoms. The fourth-order valence-corrected chi connectivity index (χ4v) is 1.58. The van der Waals surface area contributed by atoms with Crippen molar-refractivity contribution < 1.29 is 14.2 Å². The van der Waals surface area contributed by atoms with Crippen molar-refractivity contribution in [3.8, 4) is 0 Å². The molecule has 0 saturated heterocycles. The fourth-order valence-electron chi connectivity index (χ4n) is 1.58. The van der Waals surface area contributed by atoms with Gasteiger partial charge in [0.25, 0.3) is 0 Å². The smallest absolute Gasteiger partial charge is 0.0589 e. The van der Waals surface area contributed by atoms with Gasteiger partial charge in [-0.3, -0.25) is 4.90 Å². The van der Waals surface area contributed by atoms with Gasteiger partial charge in [0.05, 0.1) is 19.8 Å². The van der Waals surface area contributed by atoms with Crippen molar-refractivity contribution in [2.45, 2.75) is 13.0 Å². The molecule has 0 aromatic rings. The molecule has 0 aliphatic heterocycles. The van der Waals surface area contributed by atoms with Gasteiger partial charge in [-0.25, -0.2) is 0 Å². The average Bonchev–Trinajstić information content (AvgIpc) is 2.34. The lowest BCUT2D eigenvalue weighted by Crippen LogP contribution is -2.44. The van der Waals surface area contributed by atoms with Crippen LogP contribution >= 0.6 is 0 Å². The number of nitrogens with one attached hydrogen (secondary N) is 1. The minimum Gasteiger partial charge on any atom is -0.383 e. The molecule has 5 nitrogen and oxygen atoms in total. The Morgan fingerprint density at radius 2 is 1.47 bits per heavy atom. The van der Waals surface area contributed by atoms with Gasteiger partial charge in [-0.2, -0.15) is 0 Å². The molecule has 1 atom stereocenters. The highest BCUT2D eigenvalue weighted by Crippen LogP contribution is 1.98. The summed E-state index contributed by atoms with van der Waals surface area (Å²) in [5, 5.41) is 3.37. The minimum absolute atomic E-state index is 0.470. The summed E-state index contributed by atoms with van der Waals surface area (Å²) in [5.74, 6) is 0. The maximum Gasteiger partial charge on any atom is 0.0589 e. The van der Waals surface area contributed by atoms with Crippen molar-refractivity contribution >= 4 is 0 Å². The number of hydrogen-bond donors (Lipinski definition) is 1. The first-order chi connectivity index (χ1) is 8.26. The van der Waals surface area contributed by atoms with Gasteiger partial charge in [-0.05, 0) is 6.92 Å². The standard InChI is InChI=1S/C12H28N2O3/c1-12(11-13-5-8-15-2)14(6-9-16-3)7-10-17-4/h12-13H,5-11H2,1-4H3. The average molecular weight is 248 g/mol. The fraction of sp³-hybridized carbons (Fsp3) is 1.00. The molecular formula is C12H28N2O3. The van der Waals surface area contributed by atoms with Gasteiger partial charge in [-0.15, -0.1) is 0 Å². The normalized spacial score (nSPS) is 13.2. The summed E-state index contributed by atoms with van der Waals surface area (Å²) in [6, 6.07) is 0.470. The van der Waals surface area contributed by atoms with Gasteiger partial charge in [0, 0.05) is 53.6 Å². The summed E-state index contributed by atoms with van der Waals surface area (Å²) >= 11 is 0. The van der Waals surface area contributed by atoms with Crippen molar-refractivity contribution in [1.29, 1.82) is 0 Å². The molecule has 0 aromatic carbocycles. The topological polar surface area (TPSA) is 43.0 Å². The number of ether oxygens (including phenoxy) is 3. The van der Waals surface area contributed by atoms with Crippen molar-refractivity contribution in [3.63, 3.8) is 0 Å². The van der Waals surface area contributed by atoms with Gasteiger partial charge < -0.3 is 19.5 Å². The lowest BCUT2D eigenvalue weighted by molar-refractivity contribution is 0.0908. The van der Waals surface area contributed by atoms with E-state index in [0.717, 1.165) is 46.0 Å². The highest BCUT2D eigenvalue weighted by Gasteiger charge is 2.12. The first-order valence-corrected chi connectivity index (χ1v) is 6.17. The van der Waals surface area contributed by atoms with E-state index in [-0.39, 0.29) is 0 Å². The first-order valence-electron chi connectivity index (χ1n) is 6.17. The number of rotatable bonds is 12. The van der Waals surface area contributed by atoms with Crippen LogP contribution in [-0.4, -0.2) is 78.3 Å². The second-order valence-electron chi connectivity index (χ2n) is 4.07. The molecule has 0 fully saturated rings. The maximum absolute atomic E-state index is 5.12. The molecule has 0 rings (SSSR count). The highest BCUT2D eigenvalue weighted by molar-refractivity contribution is 4.69. The Bertz CT molecular complexity index is 151. The molecule has 5 heteroatoms. The molecule has 0 aliphatic rings. The summed E-state index contributed by atoms with van der Waals surface area (Å²) < 4.78 is 15.2. The SMILES string of the molecule is COCCNCC(C)N(CCOC)CCOC. The Morgan fingerprint density at radius 3 is 1.94 bits per heavy atom. The van der Waals surface area contributed by atoms with Gasteiger partial charge >= 0.3 is 0 Å². The van der Waals surface area contributed by atoms with Gasteiger partial charge in [0.1, 0.15) is 0 Å².